The molecule has 4 rings (SSSR count). The van der Waals surface area contributed by atoms with Gasteiger partial charge in [-0.3, -0.25) is 9.59 Å². The summed E-state index contributed by atoms with van der Waals surface area (Å²) < 4.78 is 15.4. The predicted molar refractivity (Wildman–Crippen MR) is 119 cm³/mol. The molecule has 168 valence electrons. The first-order valence-corrected chi connectivity index (χ1v) is 10.6. The number of amides is 2. The van der Waals surface area contributed by atoms with E-state index in [4.69, 9.17) is 5.73 Å². The van der Waals surface area contributed by atoms with E-state index in [0.29, 0.717) is 18.5 Å². The highest BCUT2D eigenvalue weighted by atomic mass is 19.1. The summed E-state index contributed by atoms with van der Waals surface area (Å²) >= 11 is 0. The Morgan fingerprint density at radius 2 is 1.91 bits per heavy atom. The second kappa shape index (κ2) is 8.66. The van der Waals surface area contributed by atoms with Gasteiger partial charge in [0.15, 0.2) is 5.65 Å². The Hall–Kier alpha value is -3.33. The van der Waals surface area contributed by atoms with Gasteiger partial charge in [-0.05, 0) is 36.6 Å². The van der Waals surface area contributed by atoms with Crippen LogP contribution in [0.15, 0.2) is 42.7 Å². The molecule has 0 unspecified atom stereocenters. The first-order chi connectivity index (χ1) is 15.3. The normalized spacial score (nSPS) is 18.0. The van der Waals surface area contributed by atoms with Gasteiger partial charge in [-0.15, -0.1) is 0 Å². The van der Waals surface area contributed by atoms with Crippen LogP contribution in [0.2, 0.25) is 0 Å². The summed E-state index contributed by atoms with van der Waals surface area (Å²) in [7, 11) is 3.26. The van der Waals surface area contributed by atoms with Gasteiger partial charge in [0.05, 0.1) is 12.5 Å². The molecule has 1 saturated heterocycles. The van der Waals surface area contributed by atoms with E-state index in [1.165, 1.54) is 16.1 Å². The molecular weight excluding hydrogens is 411 g/mol. The second-order valence-corrected chi connectivity index (χ2v) is 8.39. The number of hydrogen-bond donors (Lipinski definition) is 1. The SMILES string of the molecule is Cc1c(-c2ccc([C@H](C(=O)N(C)C)[C@H](N)C(=O)N3CC[C@H](F)C3)cc2)ccc2ncnn12. The number of pyridine rings is 1. The first-order valence-electron chi connectivity index (χ1n) is 10.6. The second-order valence-electron chi connectivity index (χ2n) is 8.39. The number of carbonyl (C=O) groups excluding carboxylic acids is 2. The molecule has 1 aliphatic rings. The van der Waals surface area contributed by atoms with Crippen LogP contribution >= 0.6 is 0 Å². The highest BCUT2D eigenvalue weighted by molar-refractivity contribution is 5.93. The quantitative estimate of drug-likeness (QED) is 0.655. The summed E-state index contributed by atoms with van der Waals surface area (Å²) in [5, 5.41) is 4.25. The van der Waals surface area contributed by atoms with Gasteiger partial charge in [0.2, 0.25) is 11.8 Å². The lowest BCUT2D eigenvalue weighted by atomic mass is 9.88. The summed E-state index contributed by atoms with van der Waals surface area (Å²) in [6.07, 6.45) is 0.768. The van der Waals surface area contributed by atoms with Crippen molar-refractivity contribution in [1.29, 1.82) is 0 Å². The molecule has 0 bridgehead atoms. The molecule has 0 radical (unpaired) electrons. The molecule has 1 aliphatic heterocycles. The number of alkyl halides is 1. The zero-order valence-electron chi connectivity index (χ0n) is 18.4. The topological polar surface area (TPSA) is 96.8 Å². The van der Waals surface area contributed by atoms with Crippen molar-refractivity contribution in [2.45, 2.75) is 31.5 Å². The van der Waals surface area contributed by atoms with E-state index in [0.717, 1.165) is 22.5 Å². The lowest BCUT2D eigenvalue weighted by molar-refractivity contribution is -0.138. The molecule has 0 saturated carbocycles. The standard InChI is InChI=1S/C23H27FN6O2/c1-14-18(8-9-19-26-13-27-30(14)19)15-4-6-16(7-5-15)20(22(31)28(2)3)21(25)23(32)29-11-10-17(24)12-29/h4-9,13,17,20-21H,10-12,25H2,1-3H3/t17-,20-,21-/m0/s1. The molecule has 1 aromatic carbocycles. The van der Waals surface area contributed by atoms with Crippen LogP contribution in [0.25, 0.3) is 16.8 Å². The number of fused-ring (bicyclic) bond motifs is 1. The van der Waals surface area contributed by atoms with Crippen LogP contribution in [0, 0.1) is 6.92 Å². The third-order valence-electron chi connectivity index (χ3n) is 6.06. The molecule has 3 heterocycles. The molecule has 0 spiro atoms. The largest absolute Gasteiger partial charge is 0.348 e. The summed E-state index contributed by atoms with van der Waals surface area (Å²) in [6.45, 7) is 2.31. The van der Waals surface area contributed by atoms with Crippen molar-refractivity contribution < 1.29 is 14.0 Å². The molecule has 0 aliphatic carbocycles. The van der Waals surface area contributed by atoms with E-state index >= 15 is 0 Å². The Morgan fingerprint density at radius 1 is 1.19 bits per heavy atom. The molecule has 2 aromatic heterocycles. The van der Waals surface area contributed by atoms with Crippen LogP contribution in [-0.4, -0.2) is 75.6 Å². The minimum absolute atomic E-state index is 0.0262. The first kappa shape index (κ1) is 21.9. The smallest absolute Gasteiger partial charge is 0.240 e. The number of nitrogens with zero attached hydrogens (tertiary/aromatic N) is 5. The number of likely N-dealkylation sites (tertiary alicyclic amines) is 1. The average molecular weight is 439 g/mol. The van der Waals surface area contributed by atoms with Crippen molar-refractivity contribution in [1.82, 2.24) is 24.4 Å². The third kappa shape index (κ3) is 3.95. The fourth-order valence-corrected chi connectivity index (χ4v) is 4.24. The van der Waals surface area contributed by atoms with E-state index in [-0.39, 0.29) is 12.5 Å². The molecule has 3 aromatic rings. The Morgan fingerprint density at radius 3 is 2.53 bits per heavy atom. The molecule has 2 amide bonds. The van der Waals surface area contributed by atoms with Crippen molar-refractivity contribution >= 4 is 17.5 Å². The Bertz CT molecular complexity index is 1140. The maximum absolute atomic E-state index is 13.6. The van der Waals surface area contributed by atoms with E-state index < -0.39 is 24.0 Å². The molecule has 9 heteroatoms. The Balaban J connectivity index is 1.65. The Labute approximate surface area is 185 Å². The minimum atomic E-state index is -1.09. The van der Waals surface area contributed by atoms with Gasteiger partial charge < -0.3 is 15.5 Å². The lowest BCUT2D eigenvalue weighted by Crippen LogP contribution is -2.50. The molecule has 32 heavy (non-hydrogen) atoms. The van der Waals surface area contributed by atoms with Crippen LogP contribution in [-0.2, 0) is 9.59 Å². The van der Waals surface area contributed by atoms with Gasteiger partial charge in [-0.2, -0.15) is 5.10 Å². The van der Waals surface area contributed by atoms with Crippen molar-refractivity contribution in [2.75, 3.05) is 27.2 Å². The maximum Gasteiger partial charge on any atom is 0.240 e. The van der Waals surface area contributed by atoms with Crippen molar-refractivity contribution in [3.63, 3.8) is 0 Å². The van der Waals surface area contributed by atoms with Crippen LogP contribution in [0.3, 0.4) is 0 Å². The highest BCUT2D eigenvalue weighted by Crippen LogP contribution is 2.29. The monoisotopic (exact) mass is 438 g/mol. The number of rotatable bonds is 5. The maximum atomic E-state index is 13.6. The van der Waals surface area contributed by atoms with Gasteiger partial charge in [0.1, 0.15) is 18.5 Å². The van der Waals surface area contributed by atoms with Crippen LogP contribution in [0.5, 0.6) is 0 Å². The number of carbonyl (C=O) groups is 2. The fraction of sp³-hybridized carbons (Fsp3) is 0.391. The molecule has 2 N–H and O–H groups in total. The van der Waals surface area contributed by atoms with Gasteiger partial charge >= 0.3 is 0 Å². The van der Waals surface area contributed by atoms with Crippen LogP contribution in [0.4, 0.5) is 4.39 Å². The van der Waals surface area contributed by atoms with Gasteiger partial charge in [0.25, 0.3) is 0 Å². The highest BCUT2D eigenvalue weighted by Gasteiger charge is 2.37. The average Bonchev–Trinajstić information content (AvgIpc) is 3.43. The predicted octanol–water partition coefficient (Wildman–Crippen LogP) is 1.77. The number of nitrogens with two attached hydrogens (primary N) is 1. The zero-order chi connectivity index (χ0) is 23.0. The molecule has 8 nitrogen and oxygen atoms in total. The van der Waals surface area contributed by atoms with Gasteiger partial charge in [0, 0.05) is 31.9 Å². The summed E-state index contributed by atoms with van der Waals surface area (Å²) in [5.41, 5.74) is 10.6. The van der Waals surface area contributed by atoms with Crippen LogP contribution in [0.1, 0.15) is 23.6 Å². The van der Waals surface area contributed by atoms with Crippen molar-refractivity contribution in [2.24, 2.45) is 5.73 Å². The summed E-state index contributed by atoms with van der Waals surface area (Å²) in [4.78, 5) is 32.9. The number of aryl methyl sites for hydroxylation is 1. The minimum Gasteiger partial charge on any atom is -0.348 e. The van der Waals surface area contributed by atoms with E-state index in [9.17, 15) is 14.0 Å². The lowest BCUT2D eigenvalue weighted by Gasteiger charge is -2.28. The number of halogens is 1. The van der Waals surface area contributed by atoms with Crippen LogP contribution < -0.4 is 5.73 Å². The molecule has 1 fully saturated rings. The number of benzene rings is 1. The van der Waals surface area contributed by atoms with Crippen molar-refractivity contribution in [3.05, 3.63) is 54.0 Å². The van der Waals surface area contributed by atoms with E-state index in [1.54, 1.807) is 18.6 Å². The number of hydrogen-bond acceptors (Lipinski definition) is 5. The molecular formula is C23H27FN6O2. The zero-order valence-corrected chi connectivity index (χ0v) is 18.4. The third-order valence-corrected chi connectivity index (χ3v) is 6.06. The number of likely N-dealkylation sites (N-methyl/N-ethyl adjacent to an activating group) is 1. The van der Waals surface area contributed by atoms with Gasteiger partial charge in [-0.1, -0.05) is 24.3 Å². The van der Waals surface area contributed by atoms with E-state index in [2.05, 4.69) is 10.1 Å². The molecule has 3 atom stereocenters. The van der Waals surface area contributed by atoms with Gasteiger partial charge in [-0.25, -0.2) is 13.9 Å². The Kier molecular flexibility index (Phi) is 5.92. The number of aromatic nitrogens is 3. The van der Waals surface area contributed by atoms with E-state index in [1.807, 2.05) is 43.3 Å². The summed E-state index contributed by atoms with van der Waals surface area (Å²) in [6, 6.07) is 10.2. The fourth-order valence-electron chi connectivity index (χ4n) is 4.24. The van der Waals surface area contributed by atoms with Crippen molar-refractivity contribution in [3.8, 4) is 11.1 Å². The summed E-state index contributed by atoms with van der Waals surface area (Å²) in [5.74, 6) is -1.53.